The second-order valence-corrected chi connectivity index (χ2v) is 4.91. The number of nitrogens with zero attached hydrogens (tertiary/aromatic N) is 2. The van der Waals surface area contributed by atoms with Gasteiger partial charge in [-0.25, -0.2) is 4.98 Å². The van der Waals surface area contributed by atoms with E-state index in [2.05, 4.69) is 4.98 Å². The van der Waals surface area contributed by atoms with Gasteiger partial charge >= 0.3 is 0 Å². The third kappa shape index (κ3) is 2.35. The lowest BCUT2D eigenvalue weighted by molar-refractivity contribution is -0.128. The third-order valence-corrected chi connectivity index (χ3v) is 3.57. The Balaban J connectivity index is 1.98. The van der Waals surface area contributed by atoms with Gasteiger partial charge in [0.25, 0.3) is 0 Å². The molecule has 2 N–H and O–H groups in total. The fourth-order valence-corrected chi connectivity index (χ4v) is 2.59. The van der Waals surface area contributed by atoms with E-state index in [4.69, 9.17) is 5.73 Å². The molecule has 82 valence electrons. The molecule has 1 aromatic heterocycles. The molecule has 0 radical (unpaired) electrons. The molecule has 5 heteroatoms. The van der Waals surface area contributed by atoms with Gasteiger partial charge in [-0.05, 0) is 19.4 Å². The fourth-order valence-electron chi connectivity index (χ4n) is 1.80. The van der Waals surface area contributed by atoms with Gasteiger partial charge in [0.1, 0.15) is 5.01 Å². The van der Waals surface area contributed by atoms with Crippen molar-refractivity contribution in [2.45, 2.75) is 19.9 Å². The molecule has 0 saturated carbocycles. The first-order valence-corrected chi connectivity index (χ1v) is 5.96. The molecule has 1 amide bonds. The number of carbonyl (C=O) groups excluding carboxylic acids is 1. The number of thiazole rings is 1. The standard InChI is InChI=1S/C10H15N3OS/c1-7-6-15-9(12-7)5-13-4-8(3-11)2-10(13)14/h6,8H,2-5,11H2,1H3. The molecule has 1 unspecified atom stereocenters. The maximum Gasteiger partial charge on any atom is 0.223 e. The summed E-state index contributed by atoms with van der Waals surface area (Å²) < 4.78 is 0. The first kappa shape index (κ1) is 10.6. The van der Waals surface area contributed by atoms with Gasteiger partial charge in [-0.2, -0.15) is 0 Å². The largest absolute Gasteiger partial charge is 0.336 e. The Bertz CT molecular complexity index is 363. The molecule has 0 aliphatic carbocycles. The van der Waals surface area contributed by atoms with Crippen LogP contribution in [-0.2, 0) is 11.3 Å². The zero-order chi connectivity index (χ0) is 10.8. The number of likely N-dealkylation sites (tertiary alicyclic amines) is 1. The summed E-state index contributed by atoms with van der Waals surface area (Å²) in [6.07, 6.45) is 0.598. The van der Waals surface area contributed by atoms with Gasteiger partial charge in [-0.15, -0.1) is 11.3 Å². The van der Waals surface area contributed by atoms with Crippen molar-refractivity contribution in [3.8, 4) is 0 Å². The van der Waals surface area contributed by atoms with Crippen LogP contribution in [0.2, 0.25) is 0 Å². The van der Waals surface area contributed by atoms with Crippen LogP contribution in [0, 0.1) is 12.8 Å². The molecule has 0 spiro atoms. The van der Waals surface area contributed by atoms with Crippen LogP contribution in [-0.4, -0.2) is 28.9 Å². The Hall–Kier alpha value is -0.940. The van der Waals surface area contributed by atoms with Crippen LogP contribution in [0.25, 0.3) is 0 Å². The summed E-state index contributed by atoms with van der Waals surface area (Å²) in [6.45, 7) is 4.00. The summed E-state index contributed by atoms with van der Waals surface area (Å²) in [5.41, 5.74) is 6.59. The maximum atomic E-state index is 11.6. The normalized spacial score (nSPS) is 21.3. The molecule has 1 atom stereocenters. The Morgan fingerprint density at radius 3 is 3.07 bits per heavy atom. The zero-order valence-electron chi connectivity index (χ0n) is 8.77. The van der Waals surface area contributed by atoms with Gasteiger partial charge in [-0.3, -0.25) is 4.79 Å². The van der Waals surface area contributed by atoms with Crippen molar-refractivity contribution in [1.82, 2.24) is 9.88 Å². The monoisotopic (exact) mass is 225 g/mol. The van der Waals surface area contributed by atoms with Crippen molar-refractivity contribution in [3.63, 3.8) is 0 Å². The lowest BCUT2D eigenvalue weighted by atomic mass is 10.1. The summed E-state index contributed by atoms with van der Waals surface area (Å²) >= 11 is 1.61. The van der Waals surface area contributed by atoms with Crippen LogP contribution >= 0.6 is 11.3 Å². The predicted molar refractivity (Wildman–Crippen MR) is 59.4 cm³/mol. The Labute approximate surface area is 93.1 Å². The van der Waals surface area contributed by atoms with Crippen LogP contribution in [0.5, 0.6) is 0 Å². The van der Waals surface area contributed by atoms with Gasteiger partial charge < -0.3 is 10.6 Å². The lowest BCUT2D eigenvalue weighted by Crippen LogP contribution is -2.25. The molecule has 2 heterocycles. The van der Waals surface area contributed by atoms with Crippen LogP contribution in [0.1, 0.15) is 17.1 Å². The van der Waals surface area contributed by atoms with Gasteiger partial charge in [0.05, 0.1) is 6.54 Å². The first-order valence-electron chi connectivity index (χ1n) is 5.08. The minimum atomic E-state index is 0.207. The number of aryl methyl sites for hydroxylation is 1. The number of hydrogen-bond donors (Lipinski definition) is 1. The Kier molecular flexibility index (Phi) is 3.02. The van der Waals surface area contributed by atoms with E-state index in [0.717, 1.165) is 17.2 Å². The van der Waals surface area contributed by atoms with Crippen molar-refractivity contribution in [2.75, 3.05) is 13.1 Å². The smallest absolute Gasteiger partial charge is 0.223 e. The van der Waals surface area contributed by atoms with Crippen LogP contribution in [0.3, 0.4) is 0 Å². The summed E-state index contributed by atoms with van der Waals surface area (Å²) in [7, 11) is 0. The molecule has 0 aromatic carbocycles. The Morgan fingerprint density at radius 2 is 2.53 bits per heavy atom. The fraction of sp³-hybridized carbons (Fsp3) is 0.600. The summed E-state index contributed by atoms with van der Waals surface area (Å²) in [6, 6.07) is 0. The van der Waals surface area contributed by atoms with Gasteiger partial charge in [0.2, 0.25) is 5.91 Å². The molecule has 1 saturated heterocycles. The van der Waals surface area contributed by atoms with Crippen molar-refractivity contribution in [3.05, 3.63) is 16.1 Å². The predicted octanol–water partition coefficient (Wildman–Crippen LogP) is 0.759. The van der Waals surface area contributed by atoms with E-state index in [1.54, 1.807) is 11.3 Å². The van der Waals surface area contributed by atoms with Crippen LogP contribution in [0.15, 0.2) is 5.38 Å². The Morgan fingerprint density at radius 1 is 1.73 bits per heavy atom. The molecular formula is C10H15N3OS. The molecule has 15 heavy (non-hydrogen) atoms. The van der Waals surface area contributed by atoms with E-state index in [9.17, 15) is 4.79 Å². The van der Waals surface area contributed by atoms with Crippen LogP contribution < -0.4 is 5.73 Å². The second-order valence-electron chi connectivity index (χ2n) is 3.96. The molecule has 2 rings (SSSR count). The van der Waals surface area contributed by atoms with Gasteiger partial charge in [0, 0.05) is 24.0 Å². The summed E-state index contributed by atoms with van der Waals surface area (Å²) in [5.74, 6) is 0.539. The van der Waals surface area contributed by atoms with Gasteiger partial charge in [0.15, 0.2) is 0 Å². The summed E-state index contributed by atoms with van der Waals surface area (Å²) in [4.78, 5) is 17.8. The third-order valence-electron chi connectivity index (χ3n) is 2.62. The quantitative estimate of drug-likeness (QED) is 0.826. The highest BCUT2D eigenvalue weighted by Crippen LogP contribution is 2.20. The molecule has 1 aromatic rings. The number of carbonyl (C=O) groups is 1. The number of nitrogens with two attached hydrogens (primary N) is 1. The van der Waals surface area contributed by atoms with E-state index in [1.165, 1.54) is 0 Å². The zero-order valence-corrected chi connectivity index (χ0v) is 9.59. The molecule has 0 bridgehead atoms. The minimum Gasteiger partial charge on any atom is -0.336 e. The highest BCUT2D eigenvalue weighted by atomic mass is 32.1. The molecule has 1 fully saturated rings. The van der Waals surface area contributed by atoms with Crippen molar-refractivity contribution < 1.29 is 4.79 Å². The molecular weight excluding hydrogens is 210 g/mol. The van der Waals surface area contributed by atoms with Crippen molar-refractivity contribution >= 4 is 17.2 Å². The second kappa shape index (κ2) is 4.28. The van der Waals surface area contributed by atoms with E-state index in [0.29, 0.717) is 25.4 Å². The highest BCUT2D eigenvalue weighted by molar-refractivity contribution is 7.09. The summed E-state index contributed by atoms with van der Waals surface area (Å²) in [5, 5.41) is 3.02. The maximum absolute atomic E-state index is 11.6. The number of rotatable bonds is 3. The average Bonchev–Trinajstić information content (AvgIpc) is 2.75. The molecule has 1 aliphatic heterocycles. The number of hydrogen-bond acceptors (Lipinski definition) is 4. The van der Waals surface area contributed by atoms with E-state index in [1.807, 2.05) is 17.2 Å². The lowest BCUT2D eigenvalue weighted by Gasteiger charge is -2.14. The minimum absolute atomic E-state index is 0.207. The van der Waals surface area contributed by atoms with E-state index in [-0.39, 0.29) is 5.91 Å². The SMILES string of the molecule is Cc1csc(CN2CC(CN)CC2=O)n1. The van der Waals surface area contributed by atoms with Crippen molar-refractivity contribution in [1.29, 1.82) is 0 Å². The average molecular weight is 225 g/mol. The topological polar surface area (TPSA) is 59.2 Å². The highest BCUT2D eigenvalue weighted by Gasteiger charge is 2.28. The number of amides is 1. The van der Waals surface area contributed by atoms with E-state index < -0.39 is 0 Å². The van der Waals surface area contributed by atoms with E-state index >= 15 is 0 Å². The molecule has 4 nitrogen and oxygen atoms in total. The molecule has 1 aliphatic rings. The van der Waals surface area contributed by atoms with Crippen LogP contribution in [0.4, 0.5) is 0 Å². The number of aromatic nitrogens is 1. The first-order chi connectivity index (χ1) is 7.19. The van der Waals surface area contributed by atoms with Gasteiger partial charge in [-0.1, -0.05) is 0 Å². The van der Waals surface area contributed by atoms with Crippen molar-refractivity contribution in [2.24, 2.45) is 11.7 Å².